The van der Waals surface area contributed by atoms with Crippen molar-refractivity contribution in [2.45, 2.75) is 10.1 Å². The molecule has 2 heterocycles. The Morgan fingerprint density at radius 1 is 1.15 bits per heavy atom. The Morgan fingerprint density at radius 3 is 2.71 bits per heavy atom. The van der Waals surface area contributed by atoms with Gasteiger partial charge in [-0.3, -0.25) is 14.9 Å². The molecule has 0 atom stereocenters. The Bertz CT molecular complexity index is 1580. The quantitative estimate of drug-likeness (QED) is 0.268. The Balaban J connectivity index is 1.47. The number of hydrogen-bond acceptors (Lipinski definition) is 8. The number of nitro benzene ring substituents is 1. The normalized spacial score (nSPS) is 11.1. The third-order valence-corrected chi connectivity index (χ3v) is 6.35. The standard InChI is InChI=1S/C23H17N5O5S/c1-27-12-24-26-23(27)34-21-8-7-13(9-17(21)28(30)31)22(29)25-16-11-19-15(10-20(16)32-2)14-5-3-4-6-18(14)33-19/h3-12H,1-2H3,(H,25,29). The van der Waals surface area contributed by atoms with E-state index in [-0.39, 0.29) is 11.3 Å². The first-order chi connectivity index (χ1) is 16.4. The summed E-state index contributed by atoms with van der Waals surface area (Å²) in [6.45, 7) is 0. The van der Waals surface area contributed by atoms with Gasteiger partial charge >= 0.3 is 0 Å². The number of anilines is 1. The molecule has 170 valence electrons. The molecular formula is C23H17N5O5S. The Kier molecular flexibility index (Phi) is 5.38. The highest BCUT2D eigenvalue weighted by Gasteiger charge is 2.21. The minimum Gasteiger partial charge on any atom is -0.495 e. The minimum absolute atomic E-state index is 0.126. The summed E-state index contributed by atoms with van der Waals surface area (Å²) >= 11 is 1.09. The van der Waals surface area contributed by atoms with E-state index in [0.29, 0.717) is 27.1 Å². The number of para-hydroxylation sites is 1. The summed E-state index contributed by atoms with van der Waals surface area (Å²) in [5.41, 5.74) is 1.61. The van der Waals surface area contributed by atoms with Gasteiger partial charge in [-0.05, 0) is 36.0 Å². The maximum absolute atomic E-state index is 13.0. The molecule has 34 heavy (non-hydrogen) atoms. The molecule has 0 saturated carbocycles. The van der Waals surface area contributed by atoms with Crippen molar-refractivity contribution in [1.82, 2.24) is 14.8 Å². The lowest BCUT2D eigenvalue weighted by molar-refractivity contribution is -0.387. The molecule has 0 fully saturated rings. The molecule has 2 aromatic heterocycles. The van der Waals surface area contributed by atoms with Gasteiger partial charge in [0.25, 0.3) is 11.6 Å². The van der Waals surface area contributed by atoms with Crippen LogP contribution in [-0.2, 0) is 7.05 Å². The molecule has 0 aliphatic heterocycles. The number of rotatable bonds is 6. The lowest BCUT2D eigenvalue weighted by atomic mass is 10.1. The maximum Gasteiger partial charge on any atom is 0.284 e. The number of carbonyl (C=O) groups excluding carboxylic acids is 1. The van der Waals surface area contributed by atoms with Crippen molar-refractivity contribution >= 4 is 51.0 Å². The molecule has 0 aliphatic carbocycles. The first-order valence-electron chi connectivity index (χ1n) is 10.1. The number of furan rings is 1. The predicted octanol–water partition coefficient (Wildman–Crippen LogP) is 5.03. The van der Waals surface area contributed by atoms with Gasteiger partial charge in [0.1, 0.15) is 23.2 Å². The fraction of sp³-hybridized carbons (Fsp3) is 0.0870. The number of fused-ring (bicyclic) bond motifs is 3. The minimum atomic E-state index is -0.531. The van der Waals surface area contributed by atoms with Crippen LogP contribution >= 0.6 is 11.8 Å². The Hall–Kier alpha value is -4.38. The van der Waals surface area contributed by atoms with E-state index < -0.39 is 10.8 Å². The van der Waals surface area contributed by atoms with Gasteiger partial charge in [-0.1, -0.05) is 18.2 Å². The summed E-state index contributed by atoms with van der Waals surface area (Å²) in [4.78, 5) is 24.5. The first kappa shape index (κ1) is 21.5. The molecule has 0 aliphatic rings. The van der Waals surface area contributed by atoms with Gasteiger partial charge in [0.05, 0.1) is 22.6 Å². The maximum atomic E-state index is 13.0. The van der Waals surface area contributed by atoms with Crippen LogP contribution < -0.4 is 10.1 Å². The Morgan fingerprint density at radius 2 is 1.97 bits per heavy atom. The first-order valence-corrected chi connectivity index (χ1v) is 10.9. The van der Waals surface area contributed by atoms with Gasteiger partial charge < -0.3 is 19.0 Å². The van der Waals surface area contributed by atoms with Gasteiger partial charge in [-0.25, -0.2) is 0 Å². The van der Waals surface area contributed by atoms with E-state index in [2.05, 4.69) is 15.5 Å². The van der Waals surface area contributed by atoms with Crippen LogP contribution in [-0.4, -0.2) is 32.7 Å². The highest BCUT2D eigenvalue weighted by Crippen LogP contribution is 2.37. The number of benzene rings is 3. The van der Waals surface area contributed by atoms with Crippen LogP contribution in [0.15, 0.2) is 75.4 Å². The fourth-order valence-electron chi connectivity index (χ4n) is 3.56. The molecule has 11 heteroatoms. The van der Waals surface area contributed by atoms with Crippen LogP contribution in [0.2, 0.25) is 0 Å². The van der Waals surface area contributed by atoms with Crippen molar-refractivity contribution < 1.29 is 18.9 Å². The van der Waals surface area contributed by atoms with E-state index in [1.165, 1.54) is 31.6 Å². The number of methoxy groups -OCH3 is 1. The number of hydrogen-bond donors (Lipinski definition) is 1. The molecule has 0 spiro atoms. The third-order valence-electron chi connectivity index (χ3n) is 5.24. The summed E-state index contributed by atoms with van der Waals surface area (Å²) in [6, 6.07) is 15.3. The molecule has 10 nitrogen and oxygen atoms in total. The number of nitrogens with zero attached hydrogens (tertiary/aromatic N) is 4. The summed E-state index contributed by atoms with van der Waals surface area (Å²) in [5.74, 6) is -0.0802. The largest absolute Gasteiger partial charge is 0.495 e. The monoisotopic (exact) mass is 475 g/mol. The van der Waals surface area contributed by atoms with Crippen LogP contribution in [0.5, 0.6) is 5.75 Å². The topological polar surface area (TPSA) is 125 Å². The molecule has 5 rings (SSSR count). The van der Waals surface area contributed by atoms with E-state index in [1.807, 2.05) is 24.3 Å². The van der Waals surface area contributed by atoms with Gasteiger partial charge in [0.15, 0.2) is 5.16 Å². The van der Waals surface area contributed by atoms with Crippen LogP contribution in [0, 0.1) is 10.1 Å². The molecule has 5 aromatic rings. The molecule has 0 bridgehead atoms. The number of ether oxygens (including phenoxy) is 1. The van der Waals surface area contributed by atoms with Crippen molar-refractivity contribution in [1.29, 1.82) is 0 Å². The SMILES string of the molecule is COc1cc2c(cc1NC(=O)c1ccc(Sc3nncn3C)c([N+](=O)[O-])c1)oc1ccccc12. The summed E-state index contributed by atoms with van der Waals surface area (Å²) in [6.07, 6.45) is 1.50. The van der Waals surface area contributed by atoms with Crippen LogP contribution in [0.25, 0.3) is 21.9 Å². The van der Waals surface area contributed by atoms with Crippen molar-refractivity contribution in [3.05, 3.63) is 76.6 Å². The summed E-state index contributed by atoms with van der Waals surface area (Å²) < 4.78 is 13.0. The van der Waals surface area contributed by atoms with Gasteiger partial charge in [-0.2, -0.15) is 0 Å². The zero-order valence-electron chi connectivity index (χ0n) is 18.0. The van der Waals surface area contributed by atoms with E-state index in [9.17, 15) is 14.9 Å². The second-order valence-electron chi connectivity index (χ2n) is 7.37. The highest BCUT2D eigenvalue weighted by molar-refractivity contribution is 7.99. The average Bonchev–Trinajstić information content (AvgIpc) is 3.40. The second-order valence-corrected chi connectivity index (χ2v) is 8.38. The smallest absolute Gasteiger partial charge is 0.284 e. The third kappa shape index (κ3) is 3.82. The van der Waals surface area contributed by atoms with Gasteiger partial charge in [0.2, 0.25) is 0 Å². The zero-order valence-corrected chi connectivity index (χ0v) is 18.8. The van der Waals surface area contributed by atoms with Crippen molar-refractivity contribution in [2.24, 2.45) is 7.05 Å². The fourth-order valence-corrected chi connectivity index (χ4v) is 4.41. The summed E-state index contributed by atoms with van der Waals surface area (Å²) in [5, 5.41) is 24.4. The van der Waals surface area contributed by atoms with Crippen molar-refractivity contribution in [2.75, 3.05) is 12.4 Å². The number of nitrogens with one attached hydrogen (secondary N) is 1. The van der Waals surface area contributed by atoms with Gasteiger partial charge in [-0.15, -0.1) is 10.2 Å². The van der Waals surface area contributed by atoms with E-state index in [4.69, 9.17) is 9.15 Å². The van der Waals surface area contributed by atoms with Crippen molar-refractivity contribution in [3.8, 4) is 5.75 Å². The molecular weight excluding hydrogens is 458 g/mol. The van der Waals surface area contributed by atoms with Gasteiger partial charge in [0, 0.05) is 35.5 Å². The predicted molar refractivity (Wildman–Crippen MR) is 126 cm³/mol. The zero-order chi connectivity index (χ0) is 23.8. The van der Waals surface area contributed by atoms with E-state index in [0.717, 1.165) is 28.1 Å². The molecule has 3 aromatic carbocycles. The lowest BCUT2D eigenvalue weighted by Gasteiger charge is -2.11. The van der Waals surface area contributed by atoms with Crippen LogP contribution in [0.3, 0.4) is 0 Å². The summed E-state index contributed by atoms with van der Waals surface area (Å²) in [7, 11) is 3.24. The number of nitro groups is 1. The number of aryl methyl sites for hydroxylation is 1. The average molecular weight is 475 g/mol. The van der Waals surface area contributed by atoms with E-state index >= 15 is 0 Å². The molecule has 0 unspecified atom stereocenters. The Labute approximate surface area is 196 Å². The lowest BCUT2D eigenvalue weighted by Crippen LogP contribution is -2.13. The van der Waals surface area contributed by atoms with Crippen LogP contribution in [0.4, 0.5) is 11.4 Å². The van der Waals surface area contributed by atoms with E-state index in [1.54, 1.807) is 23.7 Å². The number of aromatic nitrogens is 3. The van der Waals surface area contributed by atoms with Crippen molar-refractivity contribution in [3.63, 3.8) is 0 Å². The molecule has 0 saturated heterocycles. The molecule has 1 amide bonds. The number of amides is 1. The number of carbonyl (C=O) groups is 1. The second kappa shape index (κ2) is 8.52. The highest BCUT2D eigenvalue weighted by atomic mass is 32.2. The molecule has 1 N–H and O–H groups in total. The van der Waals surface area contributed by atoms with Crippen LogP contribution in [0.1, 0.15) is 10.4 Å². The molecule has 0 radical (unpaired) electrons.